The molecule has 2 fully saturated rings. The Bertz CT molecular complexity index is 1400. The first kappa shape index (κ1) is 21.3. The molecule has 4 aliphatic heterocycles. The number of carbonyl (C=O) groups excluding carboxylic acids is 2. The molecule has 1 spiro atoms. The lowest BCUT2D eigenvalue weighted by Gasteiger charge is -2.36. The van der Waals surface area contributed by atoms with Crippen LogP contribution in [0.4, 0.5) is 5.69 Å². The van der Waals surface area contributed by atoms with Crippen molar-refractivity contribution in [1.29, 1.82) is 0 Å². The minimum atomic E-state index is -1.11. The SMILES string of the molecule is O=C(c1ccc2c(c1)OCO2)[C@@H]1[C@H](c2cccc(Cl)c2)[C@H]2CSCN2[C@]12C(=O)Nc1ccccc12. The molecule has 2 saturated heterocycles. The molecule has 3 aromatic rings. The van der Waals surface area contributed by atoms with E-state index < -0.39 is 11.5 Å². The van der Waals surface area contributed by atoms with Crippen LogP contribution in [0.25, 0.3) is 0 Å². The van der Waals surface area contributed by atoms with Gasteiger partial charge >= 0.3 is 0 Å². The highest BCUT2D eigenvalue weighted by Gasteiger charge is 2.69. The summed E-state index contributed by atoms with van der Waals surface area (Å²) in [6.45, 7) is 0.133. The first-order chi connectivity index (χ1) is 17.1. The summed E-state index contributed by atoms with van der Waals surface area (Å²) < 4.78 is 11.0. The van der Waals surface area contributed by atoms with Crippen molar-refractivity contribution in [2.45, 2.75) is 17.5 Å². The van der Waals surface area contributed by atoms with E-state index in [2.05, 4.69) is 10.2 Å². The quantitative estimate of drug-likeness (QED) is 0.512. The van der Waals surface area contributed by atoms with Gasteiger partial charge in [-0.2, -0.15) is 0 Å². The van der Waals surface area contributed by atoms with Gasteiger partial charge in [-0.25, -0.2) is 0 Å². The molecule has 4 heterocycles. The van der Waals surface area contributed by atoms with Gasteiger partial charge in [0, 0.05) is 45.4 Å². The van der Waals surface area contributed by atoms with Crippen molar-refractivity contribution in [2.24, 2.45) is 5.92 Å². The molecule has 8 heteroatoms. The number of hydrogen-bond acceptors (Lipinski definition) is 6. The predicted molar refractivity (Wildman–Crippen MR) is 134 cm³/mol. The highest BCUT2D eigenvalue weighted by Crippen LogP contribution is 2.61. The summed E-state index contributed by atoms with van der Waals surface area (Å²) in [5.41, 5.74) is 2.01. The molecule has 0 saturated carbocycles. The number of nitrogens with one attached hydrogen (secondary N) is 1. The maximum absolute atomic E-state index is 14.5. The molecule has 35 heavy (non-hydrogen) atoms. The molecule has 4 atom stereocenters. The van der Waals surface area contributed by atoms with Gasteiger partial charge in [-0.3, -0.25) is 14.5 Å². The number of nitrogens with zero attached hydrogens (tertiary/aromatic N) is 1. The van der Waals surface area contributed by atoms with Crippen LogP contribution >= 0.6 is 23.4 Å². The van der Waals surface area contributed by atoms with Crippen LogP contribution in [0.15, 0.2) is 66.7 Å². The van der Waals surface area contributed by atoms with Crippen LogP contribution in [0.3, 0.4) is 0 Å². The van der Waals surface area contributed by atoms with E-state index in [-0.39, 0.29) is 30.4 Å². The summed E-state index contributed by atoms with van der Waals surface area (Å²) in [6, 6.07) is 20.7. The van der Waals surface area contributed by atoms with Gasteiger partial charge in [-0.15, -0.1) is 11.8 Å². The Morgan fingerprint density at radius 3 is 2.80 bits per heavy atom. The van der Waals surface area contributed by atoms with Gasteiger partial charge in [0.25, 0.3) is 0 Å². The van der Waals surface area contributed by atoms with E-state index in [1.54, 1.807) is 30.0 Å². The molecule has 176 valence electrons. The topological polar surface area (TPSA) is 67.9 Å². The number of rotatable bonds is 3. The monoisotopic (exact) mass is 504 g/mol. The van der Waals surface area contributed by atoms with Gasteiger partial charge in [-0.1, -0.05) is 41.9 Å². The molecular weight excluding hydrogens is 484 g/mol. The second-order valence-electron chi connectivity index (χ2n) is 9.29. The van der Waals surface area contributed by atoms with E-state index in [0.717, 1.165) is 22.6 Å². The zero-order valence-electron chi connectivity index (χ0n) is 18.6. The zero-order valence-corrected chi connectivity index (χ0v) is 20.1. The normalized spacial score (nSPS) is 28.3. The number of halogens is 1. The molecule has 0 aromatic heterocycles. The molecule has 0 aliphatic carbocycles. The number of amides is 1. The molecule has 0 radical (unpaired) electrons. The van der Waals surface area contributed by atoms with Crippen LogP contribution in [0, 0.1) is 5.92 Å². The lowest BCUT2D eigenvalue weighted by molar-refractivity contribution is -0.127. The molecule has 6 nitrogen and oxygen atoms in total. The van der Waals surface area contributed by atoms with E-state index in [4.69, 9.17) is 21.1 Å². The van der Waals surface area contributed by atoms with Gasteiger partial charge in [-0.05, 0) is 42.0 Å². The van der Waals surface area contributed by atoms with Crippen molar-refractivity contribution in [2.75, 3.05) is 23.7 Å². The van der Waals surface area contributed by atoms with Gasteiger partial charge in [0.2, 0.25) is 12.7 Å². The molecule has 0 unspecified atom stereocenters. The number of ketones is 1. The van der Waals surface area contributed by atoms with Crippen LogP contribution in [0.1, 0.15) is 27.4 Å². The summed E-state index contributed by atoms with van der Waals surface area (Å²) in [4.78, 5) is 30.8. The third-order valence-electron chi connectivity index (χ3n) is 7.70. The minimum absolute atomic E-state index is 0.0123. The Morgan fingerprint density at radius 2 is 1.91 bits per heavy atom. The Kier molecular flexibility index (Phi) is 4.72. The molecular formula is C27H21ClN2O4S. The summed E-state index contributed by atoms with van der Waals surface area (Å²) in [7, 11) is 0. The van der Waals surface area contributed by atoms with Crippen molar-refractivity contribution in [3.63, 3.8) is 0 Å². The summed E-state index contributed by atoms with van der Waals surface area (Å²) >= 11 is 8.22. The second-order valence-corrected chi connectivity index (χ2v) is 10.7. The molecule has 0 bridgehead atoms. The molecule has 1 N–H and O–H groups in total. The third-order valence-corrected chi connectivity index (χ3v) is 8.97. The third kappa shape index (κ3) is 2.89. The van der Waals surface area contributed by atoms with Crippen LogP contribution in [-0.4, -0.2) is 41.1 Å². The summed E-state index contributed by atoms with van der Waals surface area (Å²) in [5.74, 6) is 1.60. The number of para-hydroxylation sites is 1. The Hall–Kier alpha value is -3.00. The second kappa shape index (κ2) is 7.75. The predicted octanol–water partition coefficient (Wildman–Crippen LogP) is 4.89. The van der Waals surface area contributed by atoms with Gasteiger partial charge in [0.05, 0.1) is 5.92 Å². The number of ether oxygens (including phenoxy) is 2. The lowest BCUT2D eigenvalue weighted by Crippen LogP contribution is -2.52. The smallest absolute Gasteiger partial charge is 0.250 e. The number of anilines is 1. The van der Waals surface area contributed by atoms with Crippen molar-refractivity contribution < 1.29 is 19.1 Å². The van der Waals surface area contributed by atoms with E-state index in [1.807, 2.05) is 48.5 Å². The summed E-state index contributed by atoms with van der Waals surface area (Å²) in [5, 5.41) is 3.71. The van der Waals surface area contributed by atoms with E-state index in [1.165, 1.54) is 0 Å². The van der Waals surface area contributed by atoms with E-state index in [0.29, 0.717) is 28.0 Å². The first-order valence-corrected chi connectivity index (χ1v) is 13.1. The minimum Gasteiger partial charge on any atom is -0.454 e. The zero-order chi connectivity index (χ0) is 23.7. The van der Waals surface area contributed by atoms with Crippen molar-refractivity contribution >= 4 is 40.7 Å². The van der Waals surface area contributed by atoms with Gasteiger partial charge in [0.1, 0.15) is 5.54 Å². The fourth-order valence-corrected chi connectivity index (χ4v) is 7.87. The standard InChI is InChI=1S/C27H21ClN2O4S/c28-17-5-3-4-15(10-17)23-20-12-35-13-30(20)27(18-6-1-2-7-19(18)29-26(27)32)24(23)25(31)16-8-9-21-22(11-16)34-14-33-21/h1-11,20,23-24H,12-14H2,(H,29,32)/t20-,23-,24+,27+/m1/s1. The van der Waals surface area contributed by atoms with Gasteiger partial charge in [0.15, 0.2) is 17.3 Å². The Morgan fingerprint density at radius 1 is 1.06 bits per heavy atom. The van der Waals surface area contributed by atoms with Crippen LogP contribution in [0.5, 0.6) is 11.5 Å². The van der Waals surface area contributed by atoms with E-state index in [9.17, 15) is 9.59 Å². The molecule has 1 amide bonds. The highest BCUT2D eigenvalue weighted by atomic mass is 35.5. The van der Waals surface area contributed by atoms with Crippen LogP contribution in [0.2, 0.25) is 5.02 Å². The largest absolute Gasteiger partial charge is 0.454 e. The van der Waals surface area contributed by atoms with Crippen molar-refractivity contribution in [3.05, 3.63) is 88.4 Å². The van der Waals surface area contributed by atoms with Crippen LogP contribution in [-0.2, 0) is 10.3 Å². The lowest BCUT2D eigenvalue weighted by atomic mass is 9.69. The maximum atomic E-state index is 14.5. The molecule has 7 rings (SSSR count). The van der Waals surface area contributed by atoms with Crippen molar-refractivity contribution in [1.82, 2.24) is 4.90 Å². The average molecular weight is 505 g/mol. The number of hydrogen-bond donors (Lipinski definition) is 1. The molecule has 4 aliphatic rings. The fraction of sp³-hybridized carbons (Fsp3) is 0.259. The number of fused-ring (bicyclic) bond motifs is 5. The summed E-state index contributed by atoms with van der Waals surface area (Å²) in [6.07, 6.45) is 0. The first-order valence-electron chi connectivity index (χ1n) is 11.5. The Balaban J connectivity index is 1.47. The van der Waals surface area contributed by atoms with Crippen LogP contribution < -0.4 is 14.8 Å². The number of benzene rings is 3. The number of Topliss-reactive ketones (excluding diaryl/α,β-unsaturated/α-hetero) is 1. The Labute approximate surface area is 211 Å². The molecule has 3 aromatic carbocycles. The van der Waals surface area contributed by atoms with Crippen molar-refractivity contribution in [3.8, 4) is 11.5 Å². The highest BCUT2D eigenvalue weighted by molar-refractivity contribution is 7.99. The van der Waals surface area contributed by atoms with Gasteiger partial charge < -0.3 is 14.8 Å². The number of thioether (sulfide) groups is 1. The van der Waals surface area contributed by atoms with E-state index >= 15 is 0 Å². The number of carbonyl (C=O) groups is 2. The average Bonchev–Trinajstić information content (AvgIpc) is 3.62. The fourth-order valence-electron chi connectivity index (χ4n) is 6.35. The maximum Gasteiger partial charge on any atom is 0.250 e.